The standard InChI is InChI=1S/C15H21F3N2O/c1-10(2)21-14-13(4-3-9-19-14)20-12-7-5-11(6-8-12)15(16,17)18/h3-4,9-12,20H,5-8H2,1-2H3. The number of nitrogens with one attached hydrogen (secondary N) is 1. The first-order valence-electron chi connectivity index (χ1n) is 7.31. The van der Waals surface area contributed by atoms with Gasteiger partial charge in [-0.3, -0.25) is 0 Å². The predicted molar refractivity (Wildman–Crippen MR) is 75.4 cm³/mol. The van der Waals surface area contributed by atoms with Crippen molar-refractivity contribution < 1.29 is 17.9 Å². The molecular weight excluding hydrogens is 281 g/mol. The van der Waals surface area contributed by atoms with E-state index >= 15 is 0 Å². The molecule has 3 nitrogen and oxygen atoms in total. The van der Waals surface area contributed by atoms with E-state index in [1.54, 1.807) is 12.3 Å². The van der Waals surface area contributed by atoms with E-state index in [0.717, 1.165) is 5.69 Å². The Balaban J connectivity index is 1.95. The van der Waals surface area contributed by atoms with Gasteiger partial charge in [0.1, 0.15) is 0 Å². The summed E-state index contributed by atoms with van der Waals surface area (Å²) in [5.41, 5.74) is 0.752. The molecule has 1 aromatic heterocycles. The van der Waals surface area contributed by atoms with Gasteiger partial charge in [-0.1, -0.05) is 0 Å². The van der Waals surface area contributed by atoms with Crippen molar-refractivity contribution in [2.75, 3.05) is 5.32 Å². The molecule has 0 aliphatic heterocycles. The number of alkyl halides is 3. The van der Waals surface area contributed by atoms with Gasteiger partial charge in [-0.05, 0) is 51.7 Å². The summed E-state index contributed by atoms with van der Waals surface area (Å²) >= 11 is 0. The third kappa shape index (κ3) is 4.51. The molecule has 0 radical (unpaired) electrons. The molecule has 0 amide bonds. The van der Waals surface area contributed by atoms with Crippen LogP contribution in [-0.2, 0) is 0 Å². The zero-order valence-corrected chi connectivity index (χ0v) is 12.3. The van der Waals surface area contributed by atoms with Crippen LogP contribution in [0.3, 0.4) is 0 Å². The Hall–Kier alpha value is -1.46. The Labute approximate surface area is 122 Å². The van der Waals surface area contributed by atoms with Gasteiger partial charge in [0.25, 0.3) is 0 Å². The van der Waals surface area contributed by atoms with Crippen LogP contribution in [0.5, 0.6) is 5.88 Å². The number of rotatable bonds is 4. The van der Waals surface area contributed by atoms with Gasteiger partial charge in [0.2, 0.25) is 5.88 Å². The first-order chi connectivity index (χ1) is 9.86. The molecule has 21 heavy (non-hydrogen) atoms. The second kappa shape index (κ2) is 6.54. The second-order valence-corrected chi connectivity index (χ2v) is 5.76. The molecule has 1 aliphatic carbocycles. The lowest BCUT2D eigenvalue weighted by molar-refractivity contribution is -0.182. The monoisotopic (exact) mass is 302 g/mol. The van der Waals surface area contributed by atoms with Crippen molar-refractivity contribution in [3.8, 4) is 5.88 Å². The van der Waals surface area contributed by atoms with Crippen LogP contribution in [0.15, 0.2) is 18.3 Å². The van der Waals surface area contributed by atoms with E-state index in [1.165, 1.54) is 0 Å². The van der Waals surface area contributed by atoms with E-state index in [4.69, 9.17) is 4.74 Å². The smallest absolute Gasteiger partial charge is 0.391 e. The number of hydrogen-bond donors (Lipinski definition) is 1. The van der Waals surface area contributed by atoms with Crippen LogP contribution in [0, 0.1) is 5.92 Å². The summed E-state index contributed by atoms with van der Waals surface area (Å²) in [4.78, 5) is 4.17. The lowest BCUT2D eigenvalue weighted by Crippen LogP contribution is -2.33. The van der Waals surface area contributed by atoms with E-state index < -0.39 is 12.1 Å². The second-order valence-electron chi connectivity index (χ2n) is 5.76. The van der Waals surface area contributed by atoms with Gasteiger partial charge in [0.15, 0.2) is 0 Å². The highest BCUT2D eigenvalue weighted by Gasteiger charge is 2.41. The summed E-state index contributed by atoms with van der Waals surface area (Å²) in [7, 11) is 0. The average Bonchev–Trinajstić information content (AvgIpc) is 2.40. The summed E-state index contributed by atoms with van der Waals surface area (Å²) in [6, 6.07) is 3.68. The number of anilines is 1. The van der Waals surface area contributed by atoms with Gasteiger partial charge >= 0.3 is 6.18 Å². The third-order valence-electron chi connectivity index (χ3n) is 3.67. The van der Waals surface area contributed by atoms with Gasteiger partial charge in [-0.15, -0.1) is 0 Å². The first-order valence-corrected chi connectivity index (χ1v) is 7.31. The molecule has 0 spiro atoms. The van der Waals surface area contributed by atoms with Gasteiger partial charge in [0, 0.05) is 12.2 Å². The van der Waals surface area contributed by atoms with E-state index in [-0.39, 0.29) is 25.0 Å². The molecule has 1 N–H and O–H groups in total. The van der Waals surface area contributed by atoms with Gasteiger partial charge in [-0.2, -0.15) is 13.2 Å². The fourth-order valence-corrected chi connectivity index (χ4v) is 2.60. The lowest BCUT2D eigenvalue weighted by Gasteiger charge is -2.31. The normalized spacial score (nSPS) is 23.1. The van der Waals surface area contributed by atoms with E-state index in [0.29, 0.717) is 18.7 Å². The predicted octanol–water partition coefficient (Wildman–Crippen LogP) is 4.40. The van der Waals surface area contributed by atoms with Crippen molar-refractivity contribution in [3.63, 3.8) is 0 Å². The van der Waals surface area contributed by atoms with Crippen LogP contribution < -0.4 is 10.1 Å². The highest BCUT2D eigenvalue weighted by molar-refractivity contribution is 5.52. The number of pyridine rings is 1. The number of ether oxygens (including phenoxy) is 1. The van der Waals surface area contributed by atoms with Crippen molar-refractivity contribution in [1.82, 2.24) is 4.98 Å². The third-order valence-corrected chi connectivity index (χ3v) is 3.67. The Morgan fingerprint density at radius 1 is 1.24 bits per heavy atom. The Morgan fingerprint density at radius 3 is 2.48 bits per heavy atom. The Bertz CT molecular complexity index is 454. The summed E-state index contributed by atoms with van der Waals surface area (Å²) < 4.78 is 43.6. The van der Waals surface area contributed by atoms with Crippen LogP contribution in [0.1, 0.15) is 39.5 Å². The molecule has 0 saturated heterocycles. The molecule has 1 aromatic rings. The van der Waals surface area contributed by atoms with Crippen LogP contribution in [0.4, 0.5) is 18.9 Å². The first kappa shape index (κ1) is 15.9. The van der Waals surface area contributed by atoms with Crippen LogP contribution in [0.25, 0.3) is 0 Å². The molecule has 1 saturated carbocycles. The largest absolute Gasteiger partial charge is 0.473 e. The van der Waals surface area contributed by atoms with Crippen molar-refractivity contribution in [1.29, 1.82) is 0 Å². The molecular formula is C15H21F3N2O. The molecule has 2 rings (SSSR count). The van der Waals surface area contributed by atoms with E-state index in [2.05, 4.69) is 10.3 Å². The zero-order valence-electron chi connectivity index (χ0n) is 12.3. The highest BCUT2D eigenvalue weighted by Crippen LogP contribution is 2.38. The molecule has 1 heterocycles. The number of hydrogen-bond acceptors (Lipinski definition) is 3. The van der Waals surface area contributed by atoms with Crippen LogP contribution in [0.2, 0.25) is 0 Å². The van der Waals surface area contributed by atoms with Gasteiger partial charge in [0.05, 0.1) is 17.7 Å². The van der Waals surface area contributed by atoms with E-state index in [1.807, 2.05) is 19.9 Å². The molecule has 1 fully saturated rings. The van der Waals surface area contributed by atoms with Crippen molar-refractivity contribution in [3.05, 3.63) is 18.3 Å². The molecule has 1 aliphatic rings. The molecule has 6 heteroatoms. The molecule has 0 atom stereocenters. The fourth-order valence-electron chi connectivity index (χ4n) is 2.60. The minimum atomic E-state index is -4.06. The minimum absolute atomic E-state index is 0.00131. The molecule has 0 aromatic carbocycles. The molecule has 0 unspecified atom stereocenters. The Morgan fingerprint density at radius 2 is 1.90 bits per heavy atom. The summed E-state index contributed by atoms with van der Waals surface area (Å²) in [5, 5.41) is 3.27. The SMILES string of the molecule is CC(C)Oc1ncccc1NC1CCC(C(F)(F)F)CC1. The van der Waals surface area contributed by atoms with Crippen molar-refractivity contribution in [2.45, 2.75) is 57.9 Å². The van der Waals surface area contributed by atoms with Crippen LogP contribution in [-0.4, -0.2) is 23.3 Å². The zero-order chi connectivity index (χ0) is 15.5. The summed E-state index contributed by atoms with van der Waals surface area (Å²) in [6.07, 6.45) is -1.03. The maximum absolute atomic E-state index is 12.7. The number of halogens is 3. The van der Waals surface area contributed by atoms with Gasteiger partial charge in [-0.25, -0.2) is 4.98 Å². The van der Waals surface area contributed by atoms with Crippen molar-refractivity contribution in [2.24, 2.45) is 5.92 Å². The van der Waals surface area contributed by atoms with E-state index in [9.17, 15) is 13.2 Å². The minimum Gasteiger partial charge on any atom is -0.473 e. The summed E-state index contributed by atoms with van der Waals surface area (Å²) in [6.45, 7) is 3.82. The Kier molecular flexibility index (Phi) is 4.96. The maximum Gasteiger partial charge on any atom is 0.391 e. The van der Waals surface area contributed by atoms with Gasteiger partial charge < -0.3 is 10.1 Å². The molecule has 118 valence electrons. The number of aromatic nitrogens is 1. The topological polar surface area (TPSA) is 34.1 Å². The van der Waals surface area contributed by atoms with Crippen molar-refractivity contribution >= 4 is 5.69 Å². The number of nitrogens with zero attached hydrogens (tertiary/aromatic N) is 1. The maximum atomic E-state index is 12.7. The quantitative estimate of drug-likeness (QED) is 0.895. The highest BCUT2D eigenvalue weighted by atomic mass is 19.4. The molecule has 0 bridgehead atoms. The fraction of sp³-hybridized carbons (Fsp3) is 0.667. The average molecular weight is 302 g/mol. The van der Waals surface area contributed by atoms with Crippen LogP contribution >= 0.6 is 0 Å². The summed E-state index contributed by atoms with van der Waals surface area (Å²) in [5.74, 6) is -0.652. The lowest BCUT2D eigenvalue weighted by atomic mass is 9.85.